The number of nitrogens with two attached hydrogens (primary N) is 1. The smallest absolute Gasteiger partial charge is 0.224 e. The second kappa shape index (κ2) is 10.4. The zero-order chi connectivity index (χ0) is 14.6. The molecule has 1 aromatic rings. The van der Waals surface area contributed by atoms with E-state index in [0.717, 1.165) is 25.8 Å². The van der Waals surface area contributed by atoms with Gasteiger partial charge in [0.15, 0.2) is 0 Å². The molecule has 0 aliphatic heterocycles. The van der Waals surface area contributed by atoms with Crippen LogP contribution in [0.2, 0.25) is 0 Å². The van der Waals surface area contributed by atoms with Gasteiger partial charge in [-0.1, -0.05) is 30.3 Å². The average Bonchev–Trinajstić information content (AvgIpc) is 2.49. The summed E-state index contributed by atoms with van der Waals surface area (Å²) in [6.45, 7) is 2.55. The lowest BCUT2D eigenvalue weighted by molar-refractivity contribution is -0.131. The molecule has 0 bridgehead atoms. The van der Waals surface area contributed by atoms with Crippen molar-refractivity contribution in [3.05, 3.63) is 35.9 Å². The van der Waals surface area contributed by atoms with Crippen LogP contribution in [-0.2, 0) is 16.0 Å². The maximum atomic E-state index is 11.7. The topological polar surface area (TPSA) is 55.6 Å². The van der Waals surface area contributed by atoms with E-state index in [2.05, 4.69) is 12.1 Å². The van der Waals surface area contributed by atoms with Gasteiger partial charge in [-0.25, -0.2) is 0 Å². The third-order valence-electron chi connectivity index (χ3n) is 3.18. The molecule has 0 spiro atoms. The average molecular weight is 278 g/mol. The summed E-state index contributed by atoms with van der Waals surface area (Å²) in [5.74, 6) is 0.126. The lowest BCUT2D eigenvalue weighted by Crippen LogP contribution is -2.29. The zero-order valence-electron chi connectivity index (χ0n) is 12.4. The Labute approximate surface area is 121 Å². The Bertz CT molecular complexity index is 368. The van der Waals surface area contributed by atoms with E-state index in [0.29, 0.717) is 26.2 Å². The Balaban J connectivity index is 2.00. The van der Waals surface area contributed by atoms with Gasteiger partial charge in [-0.15, -0.1) is 0 Å². The Kier molecular flexibility index (Phi) is 8.67. The predicted molar refractivity (Wildman–Crippen MR) is 81.5 cm³/mol. The zero-order valence-corrected chi connectivity index (χ0v) is 12.4. The molecule has 0 saturated heterocycles. The fourth-order valence-corrected chi connectivity index (χ4v) is 1.93. The van der Waals surface area contributed by atoms with Crippen molar-refractivity contribution in [1.82, 2.24) is 4.90 Å². The number of amides is 1. The maximum absolute atomic E-state index is 11.7. The predicted octanol–water partition coefficient (Wildman–Crippen LogP) is 1.83. The van der Waals surface area contributed by atoms with Gasteiger partial charge in [-0.2, -0.15) is 0 Å². The van der Waals surface area contributed by atoms with Gasteiger partial charge in [0.2, 0.25) is 5.91 Å². The number of nitrogens with zero attached hydrogens (tertiary/aromatic N) is 1. The summed E-state index contributed by atoms with van der Waals surface area (Å²) in [4.78, 5) is 13.4. The number of ether oxygens (including phenoxy) is 1. The van der Waals surface area contributed by atoms with Gasteiger partial charge in [-0.05, 0) is 31.4 Å². The Hall–Kier alpha value is -1.39. The Morgan fingerprint density at radius 3 is 2.65 bits per heavy atom. The third kappa shape index (κ3) is 7.26. The van der Waals surface area contributed by atoms with Crippen LogP contribution >= 0.6 is 0 Å². The minimum atomic E-state index is 0.126. The summed E-state index contributed by atoms with van der Waals surface area (Å²) in [6, 6.07) is 10.4. The fourth-order valence-electron chi connectivity index (χ4n) is 1.93. The number of hydrogen-bond donors (Lipinski definition) is 1. The van der Waals surface area contributed by atoms with E-state index in [9.17, 15) is 4.79 Å². The lowest BCUT2D eigenvalue weighted by Gasteiger charge is -2.16. The lowest BCUT2D eigenvalue weighted by atomic mass is 10.1. The molecule has 0 saturated carbocycles. The number of benzene rings is 1. The van der Waals surface area contributed by atoms with Crippen LogP contribution in [0.1, 0.15) is 24.8 Å². The fraction of sp³-hybridized carbons (Fsp3) is 0.562. The number of hydrogen-bond acceptors (Lipinski definition) is 3. The Morgan fingerprint density at radius 1 is 1.20 bits per heavy atom. The van der Waals surface area contributed by atoms with Crippen molar-refractivity contribution < 1.29 is 9.53 Å². The SMILES string of the molecule is CN(CCCN)C(=O)CCOCCCc1ccccc1. The standard InChI is InChI=1S/C16H26N2O2/c1-18(12-6-11-17)16(19)10-14-20-13-5-9-15-7-3-2-4-8-15/h2-4,7-8H,5-6,9-14,17H2,1H3. The van der Waals surface area contributed by atoms with Crippen LogP contribution in [-0.4, -0.2) is 44.2 Å². The summed E-state index contributed by atoms with van der Waals surface area (Å²) in [5.41, 5.74) is 6.74. The van der Waals surface area contributed by atoms with Gasteiger partial charge in [0, 0.05) is 20.2 Å². The van der Waals surface area contributed by atoms with Crippen LogP contribution in [0.3, 0.4) is 0 Å². The molecule has 20 heavy (non-hydrogen) atoms. The molecule has 0 unspecified atom stereocenters. The molecule has 4 nitrogen and oxygen atoms in total. The number of carbonyl (C=O) groups is 1. The van der Waals surface area contributed by atoms with Gasteiger partial charge in [0.25, 0.3) is 0 Å². The maximum Gasteiger partial charge on any atom is 0.224 e. The van der Waals surface area contributed by atoms with Crippen LogP contribution in [0.4, 0.5) is 0 Å². The molecule has 0 radical (unpaired) electrons. The molecule has 4 heteroatoms. The molecule has 112 valence electrons. The molecule has 2 N–H and O–H groups in total. The molecule has 0 heterocycles. The summed E-state index contributed by atoms with van der Waals surface area (Å²) < 4.78 is 5.51. The Morgan fingerprint density at radius 2 is 1.95 bits per heavy atom. The first-order chi connectivity index (χ1) is 9.74. The highest BCUT2D eigenvalue weighted by Crippen LogP contribution is 2.02. The van der Waals surface area contributed by atoms with E-state index in [-0.39, 0.29) is 5.91 Å². The summed E-state index contributed by atoms with van der Waals surface area (Å²) in [7, 11) is 1.81. The first kappa shape index (κ1) is 16.7. The van der Waals surface area contributed by atoms with Crippen LogP contribution in [0.5, 0.6) is 0 Å². The molecule has 0 aromatic heterocycles. The van der Waals surface area contributed by atoms with Gasteiger partial charge in [-0.3, -0.25) is 4.79 Å². The summed E-state index contributed by atoms with van der Waals surface area (Å²) >= 11 is 0. The minimum absolute atomic E-state index is 0.126. The van der Waals surface area contributed by atoms with E-state index in [1.807, 2.05) is 25.2 Å². The monoisotopic (exact) mass is 278 g/mol. The van der Waals surface area contributed by atoms with E-state index in [1.165, 1.54) is 5.56 Å². The molecule has 1 aromatic carbocycles. The van der Waals surface area contributed by atoms with Gasteiger partial charge < -0.3 is 15.4 Å². The number of carbonyl (C=O) groups excluding carboxylic acids is 1. The molecule has 1 amide bonds. The normalized spacial score (nSPS) is 10.5. The van der Waals surface area contributed by atoms with Gasteiger partial charge >= 0.3 is 0 Å². The second-order valence-electron chi connectivity index (χ2n) is 4.91. The molecule has 1 rings (SSSR count). The van der Waals surface area contributed by atoms with Crippen LogP contribution in [0, 0.1) is 0 Å². The van der Waals surface area contributed by atoms with E-state index >= 15 is 0 Å². The van der Waals surface area contributed by atoms with Crippen molar-refractivity contribution in [2.75, 3.05) is 33.4 Å². The molecule has 0 aliphatic carbocycles. The first-order valence-corrected chi connectivity index (χ1v) is 7.29. The van der Waals surface area contributed by atoms with E-state index in [1.54, 1.807) is 4.90 Å². The quantitative estimate of drug-likeness (QED) is 0.664. The number of rotatable bonds is 10. The van der Waals surface area contributed by atoms with Crippen molar-refractivity contribution in [2.45, 2.75) is 25.7 Å². The van der Waals surface area contributed by atoms with Crippen LogP contribution < -0.4 is 5.73 Å². The highest BCUT2D eigenvalue weighted by molar-refractivity contribution is 5.75. The van der Waals surface area contributed by atoms with Gasteiger partial charge in [0.05, 0.1) is 13.0 Å². The summed E-state index contributed by atoms with van der Waals surface area (Å²) in [6.07, 6.45) is 3.30. The van der Waals surface area contributed by atoms with E-state index < -0.39 is 0 Å². The van der Waals surface area contributed by atoms with Crippen LogP contribution in [0.25, 0.3) is 0 Å². The van der Waals surface area contributed by atoms with Crippen molar-refractivity contribution in [3.63, 3.8) is 0 Å². The number of aryl methyl sites for hydroxylation is 1. The highest BCUT2D eigenvalue weighted by Gasteiger charge is 2.07. The molecule has 0 atom stereocenters. The molecule has 0 aliphatic rings. The van der Waals surface area contributed by atoms with Crippen molar-refractivity contribution in [2.24, 2.45) is 5.73 Å². The molecule has 0 fully saturated rings. The van der Waals surface area contributed by atoms with Crippen molar-refractivity contribution in [1.29, 1.82) is 0 Å². The third-order valence-corrected chi connectivity index (χ3v) is 3.18. The largest absolute Gasteiger partial charge is 0.381 e. The van der Waals surface area contributed by atoms with Gasteiger partial charge in [0.1, 0.15) is 0 Å². The van der Waals surface area contributed by atoms with E-state index in [4.69, 9.17) is 10.5 Å². The minimum Gasteiger partial charge on any atom is -0.381 e. The van der Waals surface area contributed by atoms with Crippen LogP contribution in [0.15, 0.2) is 30.3 Å². The molecular weight excluding hydrogens is 252 g/mol. The molecular formula is C16H26N2O2. The second-order valence-corrected chi connectivity index (χ2v) is 4.91. The van der Waals surface area contributed by atoms with Crippen molar-refractivity contribution in [3.8, 4) is 0 Å². The first-order valence-electron chi connectivity index (χ1n) is 7.29. The summed E-state index contributed by atoms with van der Waals surface area (Å²) in [5, 5.41) is 0. The van der Waals surface area contributed by atoms with Crippen molar-refractivity contribution >= 4 is 5.91 Å². The highest BCUT2D eigenvalue weighted by atomic mass is 16.5.